The van der Waals surface area contributed by atoms with Crippen molar-refractivity contribution in [2.24, 2.45) is 0 Å². The third kappa shape index (κ3) is 71.1. The normalized spacial score (nSPS) is 8.70. The monoisotopic (exact) mass is 512 g/mol. The summed E-state index contributed by atoms with van der Waals surface area (Å²) >= 11 is 0. The third-order valence-electron chi connectivity index (χ3n) is 3.49. The van der Waals surface area contributed by atoms with Gasteiger partial charge in [0.2, 0.25) is 0 Å². The molecule has 7 nitrogen and oxygen atoms in total. The van der Waals surface area contributed by atoms with Crippen molar-refractivity contribution in [3.63, 3.8) is 0 Å². The Hall–Kier alpha value is -0.747. The van der Waals surface area contributed by atoms with E-state index in [-0.39, 0.29) is 26.2 Å². The summed E-state index contributed by atoms with van der Waals surface area (Å²) in [6.07, 6.45) is 11.9. The molecular weight excluding hydrogens is 467 g/mol. The van der Waals surface area contributed by atoms with Gasteiger partial charge in [-0.05, 0) is 25.7 Å². The molecule has 0 heterocycles. The van der Waals surface area contributed by atoms with E-state index < -0.39 is 17.9 Å². The second kappa shape index (κ2) is 38.8. The van der Waals surface area contributed by atoms with Gasteiger partial charge in [0.05, 0.1) is 0 Å². The zero-order valence-electron chi connectivity index (χ0n) is 19.6. The molecule has 4 N–H and O–H groups in total. The van der Waals surface area contributed by atoms with Crippen molar-refractivity contribution in [1.29, 1.82) is 0 Å². The van der Waals surface area contributed by atoms with E-state index in [1.165, 1.54) is 0 Å². The van der Waals surface area contributed by atoms with Gasteiger partial charge in [-0.25, -0.2) is 0 Å². The molecule has 0 spiro atoms. The van der Waals surface area contributed by atoms with Gasteiger partial charge >= 0.3 is 17.9 Å². The fourth-order valence-corrected chi connectivity index (χ4v) is 1.74. The Morgan fingerprint density at radius 1 is 0.500 bits per heavy atom. The van der Waals surface area contributed by atoms with Crippen LogP contribution < -0.4 is 0 Å². The largest absolute Gasteiger partial charge is 0.481 e. The maximum atomic E-state index is 9.87. The van der Waals surface area contributed by atoms with Gasteiger partial charge in [0.15, 0.2) is 0 Å². The minimum Gasteiger partial charge on any atom is -0.481 e. The number of rotatable bonds is 14. The maximum absolute atomic E-state index is 9.87. The summed E-state index contributed by atoms with van der Waals surface area (Å²) in [6, 6.07) is 0. The van der Waals surface area contributed by atoms with Crippen molar-refractivity contribution in [2.75, 3.05) is 6.61 Å². The number of hydrogen-bond acceptors (Lipinski definition) is 4. The Morgan fingerprint density at radius 2 is 0.733 bits per heavy atom. The Morgan fingerprint density at radius 3 is 0.833 bits per heavy atom. The van der Waals surface area contributed by atoms with Crippen molar-refractivity contribution in [1.82, 2.24) is 0 Å². The molecule has 0 amide bonds. The number of aliphatic carboxylic acids is 3. The first-order valence-corrected chi connectivity index (χ1v) is 11.0. The number of aliphatic hydroxyl groups is 1. The van der Waals surface area contributed by atoms with Crippen LogP contribution in [-0.2, 0) is 40.6 Å². The average molecular weight is 514 g/mol. The van der Waals surface area contributed by atoms with Crippen LogP contribution in [-0.4, -0.2) is 44.9 Å². The first kappa shape index (κ1) is 39.7. The number of carboxylic acids is 3. The van der Waals surface area contributed by atoms with Crippen LogP contribution in [0, 0.1) is 0 Å². The van der Waals surface area contributed by atoms with Crippen LogP contribution in [0.15, 0.2) is 0 Å². The van der Waals surface area contributed by atoms with Gasteiger partial charge < -0.3 is 20.4 Å². The molecule has 0 radical (unpaired) electrons. The number of aliphatic hydroxyl groups excluding tert-OH is 1. The van der Waals surface area contributed by atoms with E-state index >= 15 is 0 Å². The van der Waals surface area contributed by atoms with E-state index in [0.717, 1.165) is 70.6 Å². The second-order valence-corrected chi connectivity index (χ2v) is 6.63. The van der Waals surface area contributed by atoms with E-state index in [4.69, 9.17) is 20.4 Å². The van der Waals surface area contributed by atoms with E-state index in [9.17, 15) is 14.4 Å². The Kier molecular flexibility index (Phi) is 51.4. The van der Waals surface area contributed by atoms with Gasteiger partial charge in [-0.3, -0.25) is 14.4 Å². The van der Waals surface area contributed by atoms with Crippen LogP contribution in [0.4, 0.5) is 0 Å². The van der Waals surface area contributed by atoms with Gasteiger partial charge in [-0.2, -0.15) is 0 Å². The van der Waals surface area contributed by atoms with Crippen LogP contribution >= 0.6 is 0 Å². The quantitative estimate of drug-likeness (QED) is 0.218. The van der Waals surface area contributed by atoms with Crippen molar-refractivity contribution >= 4 is 17.9 Å². The van der Waals surface area contributed by atoms with E-state index in [1.807, 2.05) is 0 Å². The van der Waals surface area contributed by atoms with Crippen LogP contribution in [0.3, 0.4) is 0 Å². The van der Waals surface area contributed by atoms with Crippen LogP contribution in [0.1, 0.15) is 118 Å². The molecule has 0 fully saturated rings. The maximum Gasteiger partial charge on any atom is 0.303 e. The van der Waals surface area contributed by atoms with Crippen LogP contribution in [0.2, 0.25) is 0 Å². The summed E-state index contributed by atoms with van der Waals surface area (Å²) in [6.45, 7) is 8.57. The minimum atomic E-state index is -0.682. The Balaban J connectivity index is -0.0000000929. The fraction of sp³-hybridized carbons (Fsp3) is 0.864. The predicted molar refractivity (Wildman–Crippen MR) is 117 cm³/mol. The molecule has 0 atom stereocenters. The van der Waals surface area contributed by atoms with E-state index in [2.05, 4.69) is 27.7 Å². The van der Waals surface area contributed by atoms with Gasteiger partial charge in [0, 0.05) is 52.1 Å². The van der Waals surface area contributed by atoms with E-state index in [0.29, 0.717) is 25.9 Å². The number of carbonyl (C=O) groups is 3. The molecule has 0 unspecified atom stereocenters. The second-order valence-electron chi connectivity index (χ2n) is 6.63. The summed E-state index contributed by atoms with van der Waals surface area (Å²) in [5, 5.41) is 32.5. The van der Waals surface area contributed by atoms with Gasteiger partial charge in [0.25, 0.3) is 0 Å². The molecule has 30 heavy (non-hydrogen) atoms. The minimum absolute atomic E-state index is 0. The fourth-order valence-electron chi connectivity index (χ4n) is 1.74. The summed E-state index contributed by atoms with van der Waals surface area (Å²) in [5.41, 5.74) is 0. The summed E-state index contributed by atoms with van der Waals surface area (Å²) in [5.74, 6) is -2.05. The molecule has 0 aromatic heterocycles. The van der Waals surface area contributed by atoms with Crippen LogP contribution in [0.5, 0.6) is 0 Å². The molecule has 0 aliphatic heterocycles. The smallest absolute Gasteiger partial charge is 0.303 e. The first-order chi connectivity index (χ1) is 13.7. The molecule has 0 saturated heterocycles. The zero-order valence-corrected chi connectivity index (χ0v) is 22.1. The Bertz CT molecular complexity index is 301. The molecule has 0 aliphatic carbocycles. The Labute approximate surface area is 202 Å². The van der Waals surface area contributed by atoms with Gasteiger partial charge in [-0.15, -0.1) is 0 Å². The zero-order chi connectivity index (χ0) is 23.3. The molecule has 8 heteroatoms. The average Bonchev–Trinajstić information content (AvgIpc) is 2.64. The molecule has 0 bridgehead atoms. The number of unbranched alkanes of at least 4 members (excludes halogenated alkanes) is 7. The molecule has 0 aromatic rings. The number of hydrogen-bond donors (Lipinski definition) is 4. The predicted octanol–water partition coefficient (Wildman–Crippen LogP) is 5.73. The summed E-state index contributed by atoms with van der Waals surface area (Å²) < 4.78 is 0. The number of carboxylic acid groups (broad SMARTS) is 3. The van der Waals surface area contributed by atoms with Crippen molar-refractivity contribution in [2.45, 2.75) is 118 Å². The van der Waals surface area contributed by atoms with Crippen LogP contribution in [0.25, 0.3) is 0 Å². The standard InChI is InChI=1S/3C6H12O2.C4H10O.Zr/c3*1-2-3-4-5-6(7)8;1-2-3-4-5;/h3*2-5H2,1H3,(H,7,8);5H,2-4H2,1H3;. The summed E-state index contributed by atoms with van der Waals surface area (Å²) in [7, 11) is 0. The molecule has 180 valence electrons. The van der Waals surface area contributed by atoms with E-state index in [1.54, 1.807) is 0 Å². The molecule has 0 saturated carbocycles. The van der Waals surface area contributed by atoms with Gasteiger partial charge in [0.1, 0.15) is 0 Å². The summed E-state index contributed by atoms with van der Waals surface area (Å²) in [4.78, 5) is 29.6. The topological polar surface area (TPSA) is 132 Å². The van der Waals surface area contributed by atoms with Crippen molar-refractivity contribution < 1.29 is 61.0 Å². The van der Waals surface area contributed by atoms with Crippen molar-refractivity contribution in [3.05, 3.63) is 0 Å². The first-order valence-electron chi connectivity index (χ1n) is 11.0. The SMILES string of the molecule is CCCCCC(=O)O.CCCCCC(=O)O.CCCCCC(=O)O.CCCCO.[Zr]. The van der Waals surface area contributed by atoms with Gasteiger partial charge in [-0.1, -0.05) is 72.6 Å². The molecule has 0 aliphatic rings. The van der Waals surface area contributed by atoms with Crippen molar-refractivity contribution in [3.8, 4) is 0 Å². The third-order valence-corrected chi connectivity index (χ3v) is 3.49. The molecule has 0 aromatic carbocycles. The molecular formula is C22H46O7Zr. The molecule has 0 rings (SSSR count).